The fourth-order valence-electron chi connectivity index (χ4n) is 4.44. The van der Waals surface area contributed by atoms with Gasteiger partial charge < -0.3 is 16.0 Å². The summed E-state index contributed by atoms with van der Waals surface area (Å²) in [5.41, 5.74) is 8.90. The third-order valence-electron chi connectivity index (χ3n) is 6.43. The van der Waals surface area contributed by atoms with Crippen molar-refractivity contribution in [1.29, 1.82) is 0 Å². The molecule has 1 atom stereocenters. The smallest absolute Gasteiger partial charge is 0.259 e. The third-order valence-corrected chi connectivity index (χ3v) is 7.93. The van der Waals surface area contributed by atoms with E-state index in [9.17, 15) is 13.6 Å². The maximum atomic E-state index is 14.1. The lowest BCUT2D eigenvalue weighted by atomic mass is 9.99. The first-order valence-electron chi connectivity index (χ1n) is 12.2. The maximum Gasteiger partial charge on any atom is 0.259 e. The van der Waals surface area contributed by atoms with E-state index in [0.717, 1.165) is 21.6 Å². The fourth-order valence-corrected chi connectivity index (χ4v) is 5.54. The second-order valence-electron chi connectivity index (χ2n) is 9.20. The lowest BCUT2D eigenvalue weighted by Crippen LogP contribution is -2.30. The monoisotopic (exact) mass is 529 g/mol. The lowest BCUT2D eigenvalue weighted by molar-refractivity contribution is -0.0102. The zero-order valence-electron chi connectivity index (χ0n) is 21.4. The summed E-state index contributed by atoms with van der Waals surface area (Å²) < 4.78 is 34.4. The van der Waals surface area contributed by atoms with Crippen molar-refractivity contribution in [2.24, 2.45) is 17.1 Å². The van der Waals surface area contributed by atoms with Crippen LogP contribution >= 0.6 is 0 Å². The largest absolute Gasteiger partial charge is 0.356 e. The van der Waals surface area contributed by atoms with Crippen molar-refractivity contribution >= 4 is 28.1 Å². The third kappa shape index (κ3) is 6.40. The van der Waals surface area contributed by atoms with E-state index in [0.29, 0.717) is 43.1 Å². The highest BCUT2D eigenvalue weighted by molar-refractivity contribution is 7.86. The summed E-state index contributed by atoms with van der Waals surface area (Å²) >= 11 is 0. The van der Waals surface area contributed by atoms with Crippen molar-refractivity contribution in [1.82, 2.24) is 14.8 Å². The van der Waals surface area contributed by atoms with E-state index in [1.54, 1.807) is 22.0 Å². The molecule has 3 heterocycles. The SMILES string of the molecule is Cc1c(-c2cnn(C)c2)cnc(N2CCCC(F)(F)CC2)c1C(=O)Nc1cccc([S@](C)=NCCN)c1. The highest BCUT2D eigenvalue weighted by Crippen LogP contribution is 2.34. The van der Waals surface area contributed by atoms with Gasteiger partial charge in [-0.1, -0.05) is 16.8 Å². The van der Waals surface area contributed by atoms with Gasteiger partial charge in [0, 0.05) is 73.6 Å². The van der Waals surface area contributed by atoms with E-state index >= 15 is 0 Å². The summed E-state index contributed by atoms with van der Waals surface area (Å²) in [7, 11) is 1.46. The Labute approximate surface area is 218 Å². The van der Waals surface area contributed by atoms with Gasteiger partial charge in [0.25, 0.3) is 5.91 Å². The van der Waals surface area contributed by atoms with E-state index in [4.69, 9.17) is 5.73 Å². The number of nitrogens with zero attached hydrogens (tertiary/aromatic N) is 5. The number of nitrogens with one attached hydrogen (secondary N) is 1. The Morgan fingerprint density at radius 2 is 2.08 bits per heavy atom. The Kier molecular flexibility index (Phi) is 8.33. The molecule has 3 aromatic rings. The fraction of sp³-hybridized carbons (Fsp3) is 0.423. The van der Waals surface area contributed by atoms with Crippen LogP contribution in [0.15, 0.2) is 52.1 Å². The van der Waals surface area contributed by atoms with Crippen LogP contribution in [0.5, 0.6) is 0 Å². The summed E-state index contributed by atoms with van der Waals surface area (Å²) in [6.45, 7) is 3.45. The Bertz CT molecular complexity index is 1310. The predicted octanol–water partition coefficient (Wildman–Crippen LogP) is 4.42. The van der Waals surface area contributed by atoms with Crippen molar-refractivity contribution in [3.05, 3.63) is 54.0 Å². The molecular weight excluding hydrogens is 496 g/mol. The van der Waals surface area contributed by atoms with Gasteiger partial charge in [0.05, 0.1) is 18.3 Å². The molecule has 37 heavy (non-hydrogen) atoms. The van der Waals surface area contributed by atoms with E-state index in [-0.39, 0.29) is 36.0 Å². The quantitative estimate of drug-likeness (QED) is 0.472. The highest BCUT2D eigenvalue weighted by atomic mass is 32.2. The molecule has 1 fully saturated rings. The van der Waals surface area contributed by atoms with Crippen molar-refractivity contribution in [3.63, 3.8) is 0 Å². The molecule has 1 aliphatic heterocycles. The van der Waals surface area contributed by atoms with E-state index in [2.05, 4.69) is 19.8 Å². The van der Waals surface area contributed by atoms with Crippen molar-refractivity contribution in [2.45, 2.75) is 37.0 Å². The number of hydrogen-bond acceptors (Lipinski definition) is 6. The van der Waals surface area contributed by atoms with E-state index in [1.165, 1.54) is 0 Å². The number of nitrogens with two attached hydrogens (primary N) is 1. The minimum absolute atomic E-state index is 0.128. The first kappa shape index (κ1) is 26.9. The van der Waals surface area contributed by atoms with E-state index in [1.807, 2.05) is 50.7 Å². The van der Waals surface area contributed by atoms with Crippen LogP contribution in [0.4, 0.5) is 20.3 Å². The van der Waals surface area contributed by atoms with Crippen LogP contribution in [-0.2, 0) is 17.7 Å². The summed E-state index contributed by atoms with van der Waals surface area (Å²) in [6, 6.07) is 7.57. The molecule has 8 nitrogen and oxygen atoms in total. The molecule has 0 spiro atoms. The molecule has 0 unspecified atom stereocenters. The molecule has 1 aromatic carbocycles. The Hall–Kier alpha value is -3.18. The molecule has 198 valence electrons. The number of carbonyl (C=O) groups is 1. The number of rotatable bonds is 7. The maximum absolute atomic E-state index is 14.1. The highest BCUT2D eigenvalue weighted by Gasteiger charge is 2.33. The summed E-state index contributed by atoms with van der Waals surface area (Å²) in [4.78, 5) is 21.2. The van der Waals surface area contributed by atoms with Crippen molar-refractivity contribution < 1.29 is 13.6 Å². The molecule has 0 bridgehead atoms. The molecule has 4 rings (SSSR count). The lowest BCUT2D eigenvalue weighted by Gasteiger charge is -2.26. The van der Waals surface area contributed by atoms with Crippen LogP contribution in [0.2, 0.25) is 0 Å². The number of aryl methyl sites for hydroxylation is 1. The minimum Gasteiger partial charge on any atom is -0.356 e. The normalized spacial score (nSPS) is 16.4. The average Bonchev–Trinajstić information content (AvgIpc) is 3.21. The number of anilines is 2. The number of halogens is 2. The van der Waals surface area contributed by atoms with Gasteiger partial charge in [-0.25, -0.2) is 13.8 Å². The minimum atomic E-state index is -2.71. The molecule has 0 radical (unpaired) electrons. The number of amides is 1. The first-order valence-corrected chi connectivity index (χ1v) is 13.8. The van der Waals surface area contributed by atoms with Gasteiger partial charge in [0.2, 0.25) is 5.92 Å². The molecule has 1 amide bonds. The molecule has 11 heteroatoms. The Morgan fingerprint density at radius 3 is 2.81 bits per heavy atom. The molecule has 0 saturated carbocycles. The summed E-state index contributed by atoms with van der Waals surface area (Å²) in [5.74, 6) is -2.63. The number of benzene rings is 1. The number of pyridine rings is 1. The molecule has 1 saturated heterocycles. The van der Waals surface area contributed by atoms with Gasteiger partial charge in [-0.15, -0.1) is 0 Å². The number of hydrogen-bond donors (Lipinski definition) is 2. The van der Waals surface area contributed by atoms with Crippen LogP contribution in [0, 0.1) is 6.92 Å². The Morgan fingerprint density at radius 1 is 1.27 bits per heavy atom. The number of alkyl halides is 2. The molecule has 0 aliphatic carbocycles. The molecule has 2 aromatic heterocycles. The average molecular weight is 530 g/mol. The molecule has 1 aliphatic rings. The Balaban J connectivity index is 1.72. The molecular formula is C26H33F2N7OS. The van der Waals surface area contributed by atoms with Crippen LogP contribution in [-0.4, -0.2) is 59.0 Å². The second kappa shape index (κ2) is 11.5. The zero-order chi connectivity index (χ0) is 26.6. The zero-order valence-corrected chi connectivity index (χ0v) is 22.2. The van der Waals surface area contributed by atoms with Crippen LogP contribution in [0.1, 0.15) is 35.2 Å². The van der Waals surface area contributed by atoms with Crippen LogP contribution < -0.4 is 16.0 Å². The number of aromatic nitrogens is 3. The summed E-state index contributed by atoms with van der Waals surface area (Å²) in [6.07, 6.45) is 7.17. The van der Waals surface area contributed by atoms with Crippen LogP contribution in [0.25, 0.3) is 11.1 Å². The number of carbonyl (C=O) groups excluding carboxylic acids is 1. The van der Waals surface area contributed by atoms with Crippen LogP contribution in [0.3, 0.4) is 0 Å². The van der Waals surface area contributed by atoms with Crippen molar-refractivity contribution in [3.8, 4) is 11.1 Å². The predicted molar refractivity (Wildman–Crippen MR) is 144 cm³/mol. The van der Waals surface area contributed by atoms with E-state index < -0.39 is 5.92 Å². The standard InChI is InChI=1S/C26H33F2N7OS/c1-18-22(19-15-31-34(2)17-19)16-30-24(35-12-5-8-26(27,28)9-13-35)23(18)25(36)33-20-6-4-7-21(14-20)37(3)32-11-10-29/h4,6-7,14-17H,5,8-13,29H2,1-3H3,(H,33,36)/t37-/m0/s1. The van der Waals surface area contributed by atoms with Gasteiger partial charge in [-0.05, 0) is 43.4 Å². The summed E-state index contributed by atoms with van der Waals surface area (Å²) in [5, 5.41) is 7.25. The van der Waals surface area contributed by atoms with Gasteiger partial charge in [-0.3, -0.25) is 13.8 Å². The van der Waals surface area contributed by atoms with Gasteiger partial charge >= 0.3 is 0 Å². The first-order chi connectivity index (χ1) is 17.7. The van der Waals surface area contributed by atoms with Crippen molar-refractivity contribution in [2.75, 3.05) is 42.7 Å². The van der Waals surface area contributed by atoms with Gasteiger partial charge in [-0.2, -0.15) is 5.10 Å². The topological polar surface area (TPSA) is 101 Å². The second-order valence-corrected chi connectivity index (χ2v) is 10.9. The molecule has 3 N–H and O–H groups in total. The van der Waals surface area contributed by atoms with Gasteiger partial charge in [0.1, 0.15) is 5.82 Å². The van der Waals surface area contributed by atoms with Gasteiger partial charge in [0.15, 0.2) is 0 Å².